The van der Waals surface area contributed by atoms with E-state index in [2.05, 4.69) is 20.5 Å². The molecule has 0 spiro atoms. The van der Waals surface area contributed by atoms with Crippen molar-refractivity contribution in [3.63, 3.8) is 0 Å². The maximum absolute atomic E-state index is 12.3. The minimum atomic E-state index is -0.541. The first-order chi connectivity index (χ1) is 14.5. The third-order valence-corrected chi connectivity index (χ3v) is 4.39. The van der Waals surface area contributed by atoms with Crippen LogP contribution in [0.3, 0.4) is 0 Å². The molecule has 0 bridgehead atoms. The first kappa shape index (κ1) is 21.4. The second-order valence-corrected chi connectivity index (χ2v) is 6.49. The molecule has 30 heavy (non-hydrogen) atoms. The molecule has 1 aromatic heterocycles. The summed E-state index contributed by atoms with van der Waals surface area (Å²) in [6.45, 7) is 0. The summed E-state index contributed by atoms with van der Waals surface area (Å²) in [6, 6.07) is 13.3. The van der Waals surface area contributed by atoms with Gasteiger partial charge in [0.05, 0.1) is 42.1 Å². The van der Waals surface area contributed by atoms with Gasteiger partial charge in [-0.15, -0.1) is 0 Å². The smallest absolute Gasteiger partial charge is 0.328 e. The summed E-state index contributed by atoms with van der Waals surface area (Å²) in [7, 11) is 2.94. The molecule has 0 aliphatic heterocycles. The Bertz CT molecular complexity index is 1050. The largest absolute Gasteiger partial charge is 0.481 e. The third-order valence-electron chi connectivity index (χ3n) is 3.76. The standard InChI is InChI=1S/C20H16Cl2N4O4/c1-28-16-10-17(29-2)25-20(24-16)30-15-9-4-3-6-12(15)11-23-26-19(27)18-13(21)7-5-8-14(18)22/h3-11H,1-2H3,(H,26,27). The van der Waals surface area contributed by atoms with Crippen molar-refractivity contribution in [3.05, 3.63) is 69.7 Å². The van der Waals surface area contributed by atoms with E-state index in [-0.39, 0.29) is 33.4 Å². The highest BCUT2D eigenvalue weighted by Crippen LogP contribution is 2.26. The molecular formula is C20H16Cl2N4O4. The quantitative estimate of drug-likeness (QED) is 0.427. The number of hydrogen-bond acceptors (Lipinski definition) is 7. The minimum absolute atomic E-state index is 0.0268. The molecule has 1 amide bonds. The van der Waals surface area contributed by atoms with Crippen LogP contribution in [0.2, 0.25) is 10.0 Å². The maximum Gasteiger partial charge on any atom is 0.328 e. The topological polar surface area (TPSA) is 94.9 Å². The van der Waals surface area contributed by atoms with Crippen LogP contribution in [0.15, 0.2) is 53.6 Å². The fourth-order valence-electron chi connectivity index (χ4n) is 2.35. The normalized spacial score (nSPS) is 10.7. The monoisotopic (exact) mass is 446 g/mol. The molecule has 0 fully saturated rings. The average molecular weight is 447 g/mol. The Morgan fingerprint density at radius 2 is 1.63 bits per heavy atom. The van der Waals surface area contributed by atoms with Crippen LogP contribution in [0.5, 0.6) is 23.5 Å². The van der Waals surface area contributed by atoms with E-state index in [1.54, 1.807) is 42.5 Å². The number of aromatic nitrogens is 2. The van der Waals surface area contributed by atoms with Gasteiger partial charge in [0.1, 0.15) is 5.75 Å². The van der Waals surface area contributed by atoms with E-state index in [1.807, 2.05) is 0 Å². The predicted molar refractivity (Wildman–Crippen MR) is 113 cm³/mol. The molecule has 0 saturated heterocycles. The molecule has 8 nitrogen and oxygen atoms in total. The minimum Gasteiger partial charge on any atom is -0.481 e. The maximum atomic E-state index is 12.3. The lowest BCUT2D eigenvalue weighted by molar-refractivity contribution is 0.0955. The van der Waals surface area contributed by atoms with Crippen LogP contribution < -0.4 is 19.6 Å². The predicted octanol–water partition coefficient (Wildman–Crippen LogP) is 4.36. The van der Waals surface area contributed by atoms with Crippen LogP contribution >= 0.6 is 23.2 Å². The van der Waals surface area contributed by atoms with Crippen molar-refractivity contribution in [2.24, 2.45) is 5.10 Å². The van der Waals surface area contributed by atoms with Gasteiger partial charge in [-0.25, -0.2) is 5.43 Å². The number of ether oxygens (including phenoxy) is 3. The second kappa shape index (κ2) is 9.91. The molecule has 1 heterocycles. The summed E-state index contributed by atoms with van der Waals surface area (Å²) in [4.78, 5) is 20.6. The molecule has 154 valence electrons. The van der Waals surface area contributed by atoms with Crippen molar-refractivity contribution in [2.75, 3.05) is 14.2 Å². The number of nitrogens with one attached hydrogen (secondary N) is 1. The van der Waals surface area contributed by atoms with Crippen LogP contribution in [0.25, 0.3) is 0 Å². The van der Waals surface area contributed by atoms with Crippen molar-refractivity contribution in [2.45, 2.75) is 0 Å². The Morgan fingerprint density at radius 3 is 2.27 bits per heavy atom. The molecule has 0 aliphatic rings. The zero-order chi connectivity index (χ0) is 21.5. The van der Waals surface area contributed by atoms with E-state index in [0.717, 1.165) is 0 Å². The molecule has 10 heteroatoms. The fourth-order valence-corrected chi connectivity index (χ4v) is 2.92. The second-order valence-electron chi connectivity index (χ2n) is 5.67. The SMILES string of the molecule is COc1cc(OC)nc(Oc2ccccc2C=NNC(=O)c2c(Cl)cccc2Cl)n1. The summed E-state index contributed by atoms with van der Waals surface area (Å²) in [5.41, 5.74) is 3.09. The highest BCUT2D eigenvalue weighted by molar-refractivity contribution is 6.39. The molecule has 0 aliphatic carbocycles. The lowest BCUT2D eigenvalue weighted by Crippen LogP contribution is -2.18. The third kappa shape index (κ3) is 5.16. The number of carbonyl (C=O) groups excluding carboxylic acids is 1. The number of rotatable bonds is 7. The van der Waals surface area contributed by atoms with Gasteiger partial charge < -0.3 is 14.2 Å². The number of halogens is 2. The first-order valence-corrected chi connectivity index (χ1v) is 9.28. The average Bonchev–Trinajstić information content (AvgIpc) is 2.74. The summed E-state index contributed by atoms with van der Waals surface area (Å²) in [5, 5.41) is 4.41. The lowest BCUT2D eigenvalue weighted by Gasteiger charge is -2.09. The van der Waals surface area contributed by atoms with Gasteiger partial charge >= 0.3 is 6.01 Å². The van der Waals surface area contributed by atoms with Gasteiger partial charge in [-0.2, -0.15) is 15.1 Å². The number of methoxy groups -OCH3 is 2. The van der Waals surface area contributed by atoms with Crippen molar-refractivity contribution >= 4 is 35.3 Å². The Labute approximate surface area is 182 Å². The molecular weight excluding hydrogens is 431 g/mol. The summed E-state index contributed by atoms with van der Waals surface area (Å²) >= 11 is 12.1. The first-order valence-electron chi connectivity index (χ1n) is 8.53. The molecule has 3 aromatic rings. The number of hydrazone groups is 1. The number of hydrogen-bond donors (Lipinski definition) is 1. The van der Waals surface area contributed by atoms with Crippen molar-refractivity contribution in [1.29, 1.82) is 0 Å². The molecule has 3 rings (SSSR count). The highest BCUT2D eigenvalue weighted by atomic mass is 35.5. The van der Waals surface area contributed by atoms with Crippen molar-refractivity contribution in [3.8, 4) is 23.5 Å². The van der Waals surface area contributed by atoms with Gasteiger partial charge in [0.15, 0.2) is 0 Å². The van der Waals surface area contributed by atoms with E-state index >= 15 is 0 Å². The molecule has 0 unspecified atom stereocenters. The number of para-hydroxylation sites is 1. The Morgan fingerprint density at radius 1 is 1.00 bits per heavy atom. The van der Waals surface area contributed by atoms with Gasteiger partial charge in [-0.1, -0.05) is 41.4 Å². The summed E-state index contributed by atoms with van der Waals surface area (Å²) in [6.07, 6.45) is 1.41. The Balaban J connectivity index is 1.78. The van der Waals surface area contributed by atoms with Gasteiger partial charge in [0.2, 0.25) is 11.8 Å². The molecule has 1 N–H and O–H groups in total. The van der Waals surface area contributed by atoms with Crippen LogP contribution in [-0.4, -0.2) is 36.3 Å². The van der Waals surface area contributed by atoms with Gasteiger partial charge in [-0.05, 0) is 24.3 Å². The van der Waals surface area contributed by atoms with E-state index < -0.39 is 5.91 Å². The van der Waals surface area contributed by atoms with Gasteiger partial charge in [-0.3, -0.25) is 4.79 Å². The van der Waals surface area contributed by atoms with Gasteiger partial charge in [0.25, 0.3) is 5.91 Å². The lowest BCUT2D eigenvalue weighted by atomic mass is 10.2. The van der Waals surface area contributed by atoms with Gasteiger partial charge in [0, 0.05) is 5.56 Å². The zero-order valence-electron chi connectivity index (χ0n) is 15.9. The fraction of sp³-hybridized carbons (Fsp3) is 0.100. The van der Waals surface area contributed by atoms with Crippen LogP contribution in [-0.2, 0) is 0 Å². The Hall–Kier alpha value is -3.36. The molecule has 2 aromatic carbocycles. The highest BCUT2D eigenvalue weighted by Gasteiger charge is 2.14. The number of amides is 1. The van der Waals surface area contributed by atoms with E-state index in [0.29, 0.717) is 11.3 Å². The summed E-state index contributed by atoms with van der Waals surface area (Å²) in [5.74, 6) is 0.432. The van der Waals surface area contributed by atoms with Crippen LogP contribution in [0.1, 0.15) is 15.9 Å². The summed E-state index contributed by atoms with van der Waals surface area (Å²) < 4.78 is 16.0. The van der Waals surface area contributed by atoms with Crippen LogP contribution in [0, 0.1) is 0 Å². The number of benzene rings is 2. The van der Waals surface area contributed by atoms with Crippen molar-refractivity contribution < 1.29 is 19.0 Å². The number of nitrogens with zero attached hydrogens (tertiary/aromatic N) is 3. The number of carbonyl (C=O) groups is 1. The van der Waals surface area contributed by atoms with Crippen LogP contribution in [0.4, 0.5) is 0 Å². The molecule has 0 atom stereocenters. The zero-order valence-corrected chi connectivity index (χ0v) is 17.4. The Kier molecular flexibility index (Phi) is 7.05. The van der Waals surface area contributed by atoms with Crippen molar-refractivity contribution in [1.82, 2.24) is 15.4 Å². The molecule has 0 saturated carbocycles. The molecule has 0 radical (unpaired) electrons. The van der Waals surface area contributed by atoms with E-state index in [4.69, 9.17) is 37.4 Å². The van der Waals surface area contributed by atoms with E-state index in [9.17, 15) is 4.79 Å². The van der Waals surface area contributed by atoms with E-state index in [1.165, 1.54) is 26.5 Å².